The van der Waals surface area contributed by atoms with Gasteiger partial charge in [-0.1, -0.05) is 6.92 Å². The fraction of sp³-hybridized carbons (Fsp3) is 0.600. The molecule has 0 saturated heterocycles. The van der Waals surface area contributed by atoms with Crippen molar-refractivity contribution in [1.82, 2.24) is 9.88 Å². The number of pyridine rings is 1. The van der Waals surface area contributed by atoms with Crippen molar-refractivity contribution in [2.24, 2.45) is 5.92 Å². The predicted octanol–water partition coefficient (Wildman–Crippen LogP) is 3.54. The van der Waals surface area contributed by atoms with Crippen LogP contribution in [-0.4, -0.2) is 35.4 Å². The van der Waals surface area contributed by atoms with E-state index in [4.69, 9.17) is 0 Å². The van der Waals surface area contributed by atoms with Crippen LogP contribution in [0, 0.1) is 5.92 Å². The van der Waals surface area contributed by atoms with E-state index < -0.39 is 0 Å². The minimum Gasteiger partial charge on any atom is -0.370 e. The second-order valence-corrected chi connectivity index (χ2v) is 6.19. The van der Waals surface area contributed by atoms with E-state index in [0.717, 1.165) is 30.5 Å². The van der Waals surface area contributed by atoms with Gasteiger partial charge in [-0.05, 0) is 54.1 Å². The fourth-order valence-electron chi connectivity index (χ4n) is 2.24. The van der Waals surface area contributed by atoms with E-state index in [-0.39, 0.29) is 5.91 Å². The topological polar surface area (TPSA) is 45.2 Å². The van der Waals surface area contributed by atoms with Gasteiger partial charge in [0.05, 0.1) is 5.56 Å². The van der Waals surface area contributed by atoms with Crippen LogP contribution in [0.4, 0.5) is 5.82 Å². The maximum Gasteiger partial charge on any atom is 0.257 e. The Morgan fingerprint density at radius 1 is 1.50 bits per heavy atom. The van der Waals surface area contributed by atoms with Gasteiger partial charge < -0.3 is 10.2 Å². The summed E-state index contributed by atoms with van der Waals surface area (Å²) >= 11 is 3.41. The molecule has 0 aromatic carbocycles. The van der Waals surface area contributed by atoms with Crippen molar-refractivity contribution < 1.29 is 4.79 Å². The van der Waals surface area contributed by atoms with E-state index in [1.165, 1.54) is 12.8 Å². The molecular formula is C15H22BrN3O. The molecule has 0 atom stereocenters. The zero-order valence-electron chi connectivity index (χ0n) is 12.2. The first-order valence-corrected chi connectivity index (χ1v) is 8.13. The smallest absolute Gasteiger partial charge is 0.257 e. The van der Waals surface area contributed by atoms with Crippen LogP contribution < -0.4 is 5.32 Å². The molecule has 1 amide bonds. The predicted molar refractivity (Wildman–Crippen MR) is 85.0 cm³/mol. The van der Waals surface area contributed by atoms with Gasteiger partial charge in [0.2, 0.25) is 0 Å². The highest BCUT2D eigenvalue weighted by Gasteiger charge is 2.28. The highest BCUT2D eigenvalue weighted by atomic mass is 79.9. The van der Waals surface area contributed by atoms with Crippen LogP contribution in [0.5, 0.6) is 0 Å². The first kappa shape index (κ1) is 15.3. The third kappa shape index (κ3) is 3.95. The summed E-state index contributed by atoms with van der Waals surface area (Å²) in [6.07, 6.45) is 5.21. The van der Waals surface area contributed by atoms with E-state index in [9.17, 15) is 4.79 Å². The number of hydrogen-bond acceptors (Lipinski definition) is 3. The third-order valence-corrected chi connectivity index (χ3v) is 3.82. The third-order valence-electron chi connectivity index (χ3n) is 3.39. The number of anilines is 1. The molecule has 0 radical (unpaired) electrons. The molecule has 20 heavy (non-hydrogen) atoms. The largest absolute Gasteiger partial charge is 0.370 e. The van der Waals surface area contributed by atoms with Crippen molar-refractivity contribution in [3.63, 3.8) is 0 Å². The number of hydrogen-bond donors (Lipinski definition) is 1. The zero-order chi connectivity index (χ0) is 14.5. The molecule has 2 rings (SSSR count). The van der Waals surface area contributed by atoms with Gasteiger partial charge in [0.1, 0.15) is 5.82 Å². The Bertz CT molecular complexity index is 474. The van der Waals surface area contributed by atoms with Crippen LogP contribution in [0.2, 0.25) is 0 Å². The minimum atomic E-state index is 0.0866. The van der Waals surface area contributed by atoms with Crippen molar-refractivity contribution in [3.8, 4) is 0 Å². The fourth-order valence-corrected chi connectivity index (χ4v) is 2.57. The highest BCUT2D eigenvalue weighted by molar-refractivity contribution is 9.10. The molecule has 1 N–H and O–H groups in total. The Balaban J connectivity index is 2.21. The summed E-state index contributed by atoms with van der Waals surface area (Å²) in [5.74, 6) is 1.47. The first-order valence-electron chi connectivity index (χ1n) is 7.34. The Morgan fingerprint density at radius 2 is 2.25 bits per heavy atom. The van der Waals surface area contributed by atoms with E-state index in [2.05, 4.69) is 33.2 Å². The van der Waals surface area contributed by atoms with Crippen molar-refractivity contribution in [1.29, 1.82) is 0 Å². The number of carbonyl (C=O) groups excluding carboxylic acids is 1. The van der Waals surface area contributed by atoms with Crippen molar-refractivity contribution >= 4 is 27.7 Å². The Morgan fingerprint density at radius 3 is 2.85 bits per heavy atom. The number of nitrogens with zero attached hydrogens (tertiary/aromatic N) is 2. The molecular weight excluding hydrogens is 318 g/mol. The number of aromatic nitrogens is 1. The van der Waals surface area contributed by atoms with Crippen LogP contribution in [-0.2, 0) is 0 Å². The Hall–Kier alpha value is -1.10. The van der Waals surface area contributed by atoms with Gasteiger partial charge in [-0.25, -0.2) is 4.98 Å². The molecule has 1 aliphatic carbocycles. The van der Waals surface area contributed by atoms with E-state index in [0.29, 0.717) is 17.3 Å². The number of halogens is 1. The van der Waals surface area contributed by atoms with Gasteiger partial charge in [-0.15, -0.1) is 0 Å². The summed E-state index contributed by atoms with van der Waals surface area (Å²) in [6.45, 7) is 6.56. The summed E-state index contributed by atoms with van der Waals surface area (Å²) in [5.41, 5.74) is 0.662. The number of carbonyl (C=O) groups is 1. The zero-order valence-corrected chi connectivity index (χ0v) is 13.7. The SMILES string of the molecule is CCCN(CC1CC1)C(=O)c1cc(Br)cnc1NCC. The maximum atomic E-state index is 12.8. The number of rotatable bonds is 7. The molecule has 1 saturated carbocycles. The molecule has 1 heterocycles. The lowest BCUT2D eigenvalue weighted by atomic mass is 10.2. The summed E-state index contributed by atoms with van der Waals surface area (Å²) < 4.78 is 0.838. The molecule has 1 aromatic rings. The average Bonchev–Trinajstić information content (AvgIpc) is 3.24. The molecule has 5 heteroatoms. The van der Waals surface area contributed by atoms with E-state index >= 15 is 0 Å². The quantitative estimate of drug-likeness (QED) is 0.826. The van der Waals surface area contributed by atoms with Crippen LogP contribution in [0.1, 0.15) is 43.5 Å². The van der Waals surface area contributed by atoms with Crippen molar-refractivity contribution in [2.45, 2.75) is 33.1 Å². The van der Waals surface area contributed by atoms with Crippen LogP contribution in [0.25, 0.3) is 0 Å². The van der Waals surface area contributed by atoms with Crippen molar-refractivity contribution in [3.05, 3.63) is 22.3 Å². The summed E-state index contributed by atoms with van der Waals surface area (Å²) in [6, 6.07) is 1.86. The average molecular weight is 340 g/mol. The molecule has 1 aromatic heterocycles. The molecule has 0 spiro atoms. The van der Waals surface area contributed by atoms with Gasteiger partial charge in [0, 0.05) is 30.3 Å². The standard InChI is InChI=1S/C15H22BrN3O/c1-3-7-19(10-11-5-6-11)15(20)13-8-12(16)9-18-14(13)17-4-2/h8-9,11H,3-7,10H2,1-2H3,(H,17,18). The minimum absolute atomic E-state index is 0.0866. The monoisotopic (exact) mass is 339 g/mol. The molecule has 0 aliphatic heterocycles. The number of amides is 1. The summed E-state index contributed by atoms with van der Waals surface area (Å²) in [4.78, 5) is 19.1. The molecule has 0 unspecified atom stereocenters. The normalized spacial score (nSPS) is 14.2. The first-order chi connectivity index (χ1) is 9.65. The van der Waals surface area contributed by atoms with Crippen molar-refractivity contribution in [2.75, 3.05) is 25.0 Å². The lowest BCUT2D eigenvalue weighted by Crippen LogP contribution is -2.34. The molecule has 1 aliphatic rings. The molecule has 4 nitrogen and oxygen atoms in total. The molecule has 0 bridgehead atoms. The van der Waals surface area contributed by atoms with Gasteiger partial charge in [-0.3, -0.25) is 4.79 Å². The lowest BCUT2D eigenvalue weighted by Gasteiger charge is -2.23. The second-order valence-electron chi connectivity index (χ2n) is 5.27. The number of nitrogens with one attached hydrogen (secondary N) is 1. The summed E-state index contributed by atoms with van der Waals surface area (Å²) in [5, 5.41) is 3.17. The Kier molecular flexibility index (Phi) is 5.40. The molecule has 1 fully saturated rings. The summed E-state index contributed by atoms with van der Waals surface area (Å²) in [7, 11) is 0. The van der Waals surface area contributed by atoms with Gasteiger partial charge in [0.15, 0.2) is 0 Å². The Labute approximate surface area is 129 Å². The highest BCUT2D eigenvalue weighted by Crippen LogP contribution is 2.30. The second kappa shape index (κ2) is 7.07. The van der Waals surface area contributed by atoms with E-state index in [1.807, 2.05) is 17.9 Å². The van der Waals surface area contributed by atoms with Gasteiger partial charge >= 0.3 is 0 Å². The molecule has 110 valence electrons. The lowest BCUT2D eigenvalue weighted by molar-refractivity contribution is 0.0748. The van der Waals surface area contributed by atoms with Crippen LogP contribution in [0.15, 0.2) is 16.7 Å². The van der Waals surface area contributed by atoms with E-state index in [1.54, 1.807) is 6.20 Å². The van der Waals surface area contributed by atoms with Crippen LogP contribution >= 0.6 is 15.9 Å². The van der Waals surface area contributed by atoms with Gasteiger partial charge in [-0.2, -0.15) is 0 Å². The van der Waals surface area contributed by atoms with Gasteiger partial charge in [0.25, 0.3) is 5.91 Å². The van der Waals surface area contributed by atoms with Crippen LogP contribution in [0.3, 0.4) is 0 Å². The maximum absolute atomic E-state index is 12.8.